The number of halogens is 1. The molecule has 0 aliphatic carbocycles. The molecule has 0 saturated carbocycles. The van der Waals surface area contributed by atoms with Crippen molar-refractivity contribution in [3.8, 4) is 11.5 Å². The van der Waals surface area contributed by atoms with Gasteiger partial charge in [0.15, 0.2) is 0 Å². The lowest BCUT2D eigenvalue weighted by Crippen LogP contribution is -2.60. The summed E-state index contributed by atoms with van der Waals surface area (Å²) in [5.74, 6) is 1.18. The molecule has 0 radical (unpaired) electrons. The molecule has 7 atom stereocenters. The van der Waals surface area contributed by atoms with E-state index in [2.05, 4.69) is 16.9 Å². The molecule has 5 N–H and O–H groups in total. The molecule has 3 aliphatic rings. The Morgan fingerprint density at radius 2 is 1.79 bits per heavy atom. The van der Waals surface area contributed by atoms with Crippen molar-refractivity contribution in [1.29, 1.82) is 0 Å². The second kappa shape index (κ2) is 13.5. The normalized spacial score (nSPS) is 27.4. The highest BCUT2D eigenvalue weighted by Gasteiger charge is 2.45. The Kier molecular flexibility index (Phi) is 9.29. The molecular weight excluding hydrogens is 638 g/mol. The molecule has 4 aromatic rings. The van der Waals surface area contributed by atoms with Crippen molar-refractivity contribution in [3.05, 3.63) is 65.9 Å². The fourth-order valence-electron chi connectivity index (χ4n) is 7.21. The average Bonchev–Trinajstić information content (AvgIpc) is 3.70. The van der Waals surface area contributed by atoms with E-state index in [1.807, 2.05) is 55.5 Å². The topological polar surface area (TPSA) is 148 Å². The first kappa shape index (κ1) is 33.1. The molecular formula is C36H42ClN3O8. The molecule has 256 valence electrons. The van der Waals surface area contributed by atoms with Gasteiger partial charge in [-0.25, -0.2) is 0 Å². The predicted molar refractivity (Wildman–Crippen MR) is 182 cm³/mol. The molecule has 2 fully saturated rings. The van der Waals surface area contributed by atoms with Crippen LogP contribution in [0.2, 0.25) is 0 Å². The highest BCUT2D eigenvalue weighted by molar-refractivity contribution is 6.22. The zero-order chi connectivity index (χ0) is 33.7. The maximum atomic E-state index is 14.3. The Bertz CT molecular complexity index is 1790. The molecule has 0 bridgehead atoms. The zero-order valence-electron chi connectivity index (χ0n) is 27.0. The maximum absolute atomic E-state index is 14.3. The van der Waals surface area contributed by atoms with Crippen molar-refractivity contribution >= 4 is 44.9 Å². The maximum Gasteiger partial charge on any atom is 0.274 e. The standard InChI is InChI=1S/C36H42ClN3O8/c1-19(37)25-16-40(35(45)27-14-21-13-22(7-8-26(21)38-27)46-18-20-9-11-39(2)12-10-20)28-15-29(23-5-3-4-6-24(23)31(25)28)47-36-34(44)33(43)32(42)30(17-41)48-36/h3-8,13-15,19-20,25,30,32-34,36,38,41-44H,9-12,16-18H2,1-2H3/t19-,25+,30-,32+,33+,34-,36-/m1/s1. The first-order valence-electron chi connectivity index (χ1n) is 16.6. The number of likely N-dealkylation sites (tertiary alicyclic amines) is 1. The summed E-state index contributed by atoms with van der Waals surface area (Å²) in [4.78, 5) is 21.6. The van der Waals surface area contributed by atoms with Gasteiger partial charge in [0.05, 0.1) is 18.9 Å². The lowest BCUT2D eigenvalue weighted by molar-refractivity contribution is -0.277. The summed E-state index contributed by atoms with van der Waals surface area (Å²) in [6.45, 7) is 4.50. The number of carbonyl (C=O) groups is 1. The third-order valence-electron chi connectivity index (χ3n) is 10.1. The van der Waals surface area contributed by atoms with Crippen LogP contribution in [-0.4, -0.2) is 112 Å². The molecule has 4 heterocycles. The first-order valence-corrected chi connectivity index (χ1v) is 17.0. The zero-order valence-corrected chi connectivity index (χ0v) is 27.7. The van der Waals surface area contributed by atoms with Gasteiger partial charge in [0.2, 0.25) is 6.29 Å². The largest absolute Gasteiger partial charge is 0.493 e. The van der Waals surface area contributed by atoms with Gasteiger partial charge in [-0.05, 0) is 81.0 Å². The van der Waals surface area contributed by atoms with Crippen molar-refractivity contribution in [2.24, 2.45) is 5.92 Å². The summed E-state index contributed by atoms with van der Waals surface area (Å²) in [6, 6.07) is 16.9. The number of aromatic amines is 1. The third kappa shape index (κ3) is 6.13. The van der Waals surface area contributed by atoms with Gasteiger partial charge in [0.25, 0.3) is 5.91 Å². The van der Waals surface area contributed by atoms with Crippen molar-refractivity contribution in [1.82, 2.24) is 9.88 Å². The fraction of sp³-hybridized carbons (Fsp3) is 0.472. The molecule has 1 amide bonds. The molecule has 3 aromatic carbocycles. The van der Waals surface area contributed by atoms with Gasteiger partial charge < -0.3 is 49.4 Å². The van der Waals surface area contributed by atoms with Gasteiger partial charge in [0.1, 0.15) is 41.6 Å². The Labute approximate surface area is 283 Å². The minimum atomic E-state index is -1.59. The van der Waals surface area contributed by atoms with E-state index < -0.39 is 37.3 Å². The van der Waals surface area contributed by atoms with Crippen LogP contribution in [0.3, 0.4) is 0 Å². The van der Waals surface area contributed by atoms with Gasteiger partial charge in [-0.2, -0.15) is 0 Å². The summed E-state index contributed by atoms with van der Waals surface area (Å²) in [5, 5.41) is 43.1. The molecule has 0 spiro atoms. The number of nitrogens with one attached hydrogen (secondary N) is 1. The van der Waals surface area contributed by atoms with E-state index in [1.165, 1.54) is 0 Å². The number of ether oxygens (including phenoxy) is 3. The summed E-state index contributed by atoms with van der Waals surface area (Å²) < 4.78 is 18.0. The van der Waals surface area contributed by atoms with E-state index in [0.29, 0.717) is 41.6 Å². The van der Waals surface area contributed by atoms with E-state index in [1.54, 1.807) is 11.0 Å². The Morgan fingerprint density at radius 3 is 2.52 bits per heavy atom. The van der Waals surface area contributed by atoms with Crippen LogP contribution >= 0.6 is 11.6 Å². The van der Waals surface area contributed by atoms with Crippen molar-refractivity contribution in [2.75, 3.05) is 44.8 Å². The van der Waals surface area contributed by atoms with Gasteiger partial charge in [-0.15, -0.1) is 11.6 Å². The number of H-pyrrole nitrogens is 1. The second-order valence-electron chi connectivity index (χ2n) is 13.4. The number of benzene rings is 3. The fourth-order valence-corrected chi connectivity index (χ4v) is 7.41. The number of carbonyl (C=O) groups excluding carboxylic acids is 1. The number of aliphatic hydroxyl groups excluding tert-OH is 4. The number of piperidine rings is 1. The molecule has 48 heavy (non-hydrogen) atoms. The molecule has 1 aromatic heterocycles. The number of amides is 1. The molecule has 2 saturated heterocycles. The number of anilines is 1. The summed E-state index contributed by atoms with van der Waals surface area (Å²) in [6.07, 6.45) is -4.98. The van der Waals surface area contributed by atoms with E-state index in [0.717, 1.165) is 53.5 Å². The quantitative estimate of drug-likeness (QED) is 0.176. The molecule has 3 aliphatic heterocycles. The smallest absolute Gasteiger partial charge is 0.274 e. The Balaban J connectivity index is 1.19. The first-order chi connectivity index (χ1) is 23.1. The van der Waals surface area contributed by atoms with Crippen LogP contribution in [0.4, 0.5) is 5.69 Å². The number of nitrogens with zero attached hydrogens (tertiary/aromatic N) is 2. The Morgan fingerprint density at radius 1 is 1.04 bits per heavy atom. The van der Waals surface area contributed by atoms with Crippen molar-refractivity contribution in [3.63, 3.8) is 0 Å². The van der Waals surface area contributed by atoms with Crippen molar-refractivity contribution in [2.45, 2.75) is 61.8 Å². The minimum absolute atomic E-state index is 0.180. The predicted octanol–water partition coefficient (Wildman–Crippen LogP) is 3.59. The van der Waals surface area contributed by atoms with E-state index in [-0.39, 0.29) is 17.2 Å². The number of fused-ring (bicyclic) bond motifs is 4. The summed E-state index contributed by atoms with van der Waals surface area (Å²) in [7, 11) is 2.15. The number of aromatic nitrogens is 1. The SMILES string of the molecule is C[C@@H](Cl)[C@@H]1CN(C(=O)c2cc3cc(OCC4CCN(C)CC4)ccc3[nH]2)c2cc(O[C@@H]3O[C@H](CO)[C@H](O)[C@H](O)[C@H]3O)c3ccccc3c21. The number of hydrogen-bond donors (Lipinski definition) is 5. The number of alkyl halides is 1. The van der Waals surface area contributed by atoms with Gasteiger partial charge in [0, 0.05) is 40.2 Å². The van der Waals surface area contributed by atoms with Crippen LogP contribution in [0.5, 0.6) is 11.5 Å². The molecule has 7 rings (SSSR count). The Hall–Kier alpha value is -3.42. The lowest BCUT2D eigenvalue weighted by Gasteiger charge is -2.39. The van der Waals surface area contributed by atoms with Crippen LogP contribution in [0.25, 0.3) is 21.7 Å². The minimum Gasteiger partial charge on any atom is -0.493 e. The van der Waals surface area contributed by atoms with Crippen molar-refractivity contribution < 1.29 is 39.4 Å². The number of rotatable bonds is 8. The highest BCUT2D eigenvalue weighted by Crippen LogP contribution is 2.48. The molecule has 0 unspecified atom stereocenters. The monoisotopic (exact) mass is 679 g/mol. The summed E-state index contributed by atoms with van der Waals surface area (Å²) in [5.41, 5.74) is 2.74. The lowest BCUT2D eigenvalue weighted by atomic mass is 9.92. The average molecular weight is 680 g/mol. The van der Waals surface area contributed by atoms with Crippen LogP contribution in [0.1, 0.15) is 41.7 Å². The molecule has 11 nitrogen and oxygen atoms in total. The van der Waals surface area contributed by atoms with E-state index in [9.17, 15) is 25.2 Å². The molecule has 12 heteroatoms. The van der Waals surface area contributed by atoms with Crippen LogP contribution in [-0.2, 0) is 4.74 Å². The third-order valence-corrected chi connectivity index (χ3v) is 10.4. The van der Waals surface area contributed by atoms with Crippen LogP contribution in [0.15, 0.2) is 54.6 Å². The van der Waals surface area contributed by atoms with E-state index in [4.69, 9.17) is 25.8 Å². The van der Waals surface area contributed by atoms with Crippen LogP contribution in [0, 0.1) is 5.92 Å². The van der Waals surface area contributed by atoms with E-state index >= 15 is 0 Å². The summed E-state index contributed by atoms with van der Waals surface area (Å²) >= 11 is 6.76. The number of hydrogen-bond acceptors (Lipinski definition) is 9. The van der Waals surface area contributed by atoms with Gasteiger partial charge in [-0.3, -0.25) is 4.79 Å². The highest BCUT2D eigenvalue weighted by atomic mass is 35.5. The van der Waals surface area contributed by atoms with Gasteiger partial charge in [-0.1, -0.05) is 24.3 Å². The number of aliphatic hydroxyl groups is 4. The van der Waals surface area contributed by atoms with Gasteiger partial charge >= 0.3 is 0 Å². The van der Waals surface area contributed by atoms with Crippen LogP contribution < -0.4 is 14.4 Å². The second-order valence-corrected chi connectivity index (χ2v) is 14.0.